The summed E-state index contributed by atoms with van der Waals surface area (Å²) in [5, 5.41) is 2.42. The number of carbonyl (C=O) groups excluding carboxylic acids is 3. The fourth-order valence-corrected chi connectivity index (χ4v) is 3.19. The smallest absolute Gasteiger partial charge is 0.336 e. The van der Waals surface area contributed by atoms with Crippen molar-refractivity contribution in [3.63, 3.8) is 0 Å². The molecule has 146 valence electrons. The van der Waals surface area contributed by atoms with Gasteiger partial charge in [0, 0.05) is 31.7 Å². The maximum absolute atomic E-state index is 12.8. The van der Waals surface area contributed by atoms with Gasteiger partial charge in [-0.3, -0.25) is 19.4 Å². The van der Waals surface area contributed by atoms with Gasteiger partial charge in [-0.05, 0) is 11.6 Å². The summed E-state index contributed by atoms with van der Waals surface area (Å²) in [6, 6.07) is 6.11. The van der Waals surface area contributed by atoms with Gasteiger partial charge >= 0.3 is 12.2 Å². The third-order valence-corrected chi connectivity index (χ3v) is 4.58. The van der Waals surface area contributed by atoms with Gasteiger partial charge in [0.05, 0.1) is 19.6 Å². The van der Waals surface area contributed by atoms with Crippen LogP contribution in [-0.2, 0) is 11.3 Å². The number of amides is 4. The van der Waals surface area contributed by atoms with Crippen LogP contribution in [0, 0.1) is 0 Å². The molecule has 3 rings (SSSR count). The zero-order valence-electron chi connectivity index (χ0n) is 14.5. The maximum Gasteiger partial charge on any atom is 0.401 e. The molecule has 0 unspecified atom stereocenters. The highest BCUT2D eigenvalue weighted by Crippen LogP contribution is 2.20. The van der Waals surface area contributed by atoms with E-state index in [1.807, 2.05) is 0 Å². The summed E-state index contributed by atoms with van der Waals surface area (Å²) in [4.78, 5) is 40.1. The van der Waals surface area contributed by atoms with Gasteiger partial charge in [-0.15, -0.1) is 0 Å². The Morgan fingerprint density at radius 3 is 2.33 bits per heavy atom. The molecule has 0 aromatic heterocycles. The van der Waals surface area contributed by atoms with E-state index in [9.17, 15) is 27.6 Å². The van der Waals surface area contributed by atoms with Crippen molar-refractivity contribution in [2.75, 3.05) is 39.3 Å². The number of nitrogens with one attached hydrogen (secondary N) is 1. The highest BCUT2D eigenvalue weighted by molar-refractivity contribution is 6.02. The van der Waals surface area contributed by atoms with Crippen LogP contribution in [0.5, 0.6) is 0 Å². The average Bonchev–Trinajstić information content (AvgIpc) is 2.93. The third-order valence-electron chi connectivity index (χ3n) is 4.58. The molecule has 1 N–H and O–H groups in total. The number of hydrogen-bond acceptors (Lipinski definition) is 4. The Balaban J connectivity index is 1.67. The van der Waals surface area contributed by atoms with Gasteiger partial charge in [0.15, 0.2) is 0 Å². The van der Waals surface area contributed by atoms with Crippen LogP contribution in [0.1, 0.15) is 15.9 Å². The Morgan fingerprint density at radius 2 is 1.74 bits per heavy atom. The highest BCUT2D eigenvalue weighted by atomic mass is 19.4. The number of halogens is 3. The van der Waals surface area contributed by atoms with Crippen molar-refractivity contribution in [2.45, 2.75) is 12.7 Å². The summed E-state index contributed by atoms with van der Waals surface area (Å²) in [5.41, 5.74) is 0.861. The first-order valence-electron chi connectivity index (χ1n) is 8.49. The van der Waals surface area contributed by atoms with Crippen LogP contribution in [0.25, 0.3) is 0 Å². The molecule has 1 aromatic rings. The molecule has 0 bridgehead atoms. The van der Waals surface area contributed by atoms with E-state index in [1.54, 1.807) is 24.3 Å². The summed E-state index contributed by atoms with van der Waals surface area (Å²) in [6.07, 6.45) is -4.26. The van der Waals surface area contributed by atoms with Gasteiger partial charge in [0.25, 0.3) is 5.91 Å². The summed E-state index contributed by atoms with van der Waals surface area (Å²) in [7, 11) is 0. The van der Waals surface area contributed by atoms with Crippen molar-refractivity contribution >= 4 is 17.8 Å². The lowest BCUT2D eigenvalue weighted by atomic mass is 10.1. The minimum atomic E-state index is -4.26. The van der Waals surface area contributed by atoms with Crippen molar-refractivity contribution in [3.8, 4) is 0 Å². The molecule has 0 spiro atoms. The van der Waals surface area contributed by atoms with Crippen molar-refractivity contribution in [1.29, 1.82) is 0 Å². The number of piperazine rings is 1. The fourth-order valence-electron chi connectivity index (χ4n) is 3.19. The molecule has 2 aliphatic heterocycles. The lowest BCUT2D eigenvalue weighted by Crippen LogP contribution is -2.51. The first-order valence-corrected chi connectivity index (χ1v) is 8.49. The van der Waals surface area contributed by atoms with Crippen molar-refractivity contribution in [2.24, 2.45) is 0 Å². The molecule has 4 amide bonds. The van der Waals surface area contributed by atoms with Crippen molar-refractivity contribution in [1.82, 2.24) is 20.0 Å². The second-order valence-electron chi connectivity index (χ2n) is 6.48. The molecule has 2 saturated heterocycles. The second-order valence-corrected chi connectivity index (χ2v) is 6.48. The lowest BCUT2D eigenvalue weighted by Gasteiger charge is -2.35. The Hall–Kier alpha value is -2.62. The van der Waals surface area contributed by atoms with E-state index in [0.717, 1.165) is 4.90 Å². The molecular formula is C17H19F3N4O3. The summed E-state index contributed by atoms with van der Waals surface area (Å²) in [6.45, 7) is -0.436. The summed E-state index contributed by atoms with van der Waals surface area (Å²) in [5.74, 6) is -0.688. The Bertz CT molecular complexity index is 729. The Labute approximate surface area is 153 Å². The van der Waals surface area contributed by atoms with Crippen molar-refractivity contribution in [3.05, 3.63) is 35.4 Å². The molecule has 1 aromatic carbocycles. The van der Waals surface area contributed by atoms with Crippen LogP contribution in [0.2, 0.25) is 0 Å². The van der Waals surface area contributed by atoms with E-state index >= 15 is 0 Å². The van der Waals surface area contributed by atoms with Gasteiger partial charge in [-0.25, -0.2) is 4.79 Å². The van der Waals surface area contributed by atoms with Gasteiger partial charge in [0.1, 0.15) is 0 Å². The predicted molar refractivity (Wildman–Crippen MR) is 88.8 cm³/mol. The van der Waals surface area contributed by atoms with Gasteiger partial charge < -0.3 is 10.2 Å². The monoisotopic (exact) mass is 384 g/mol. The van der Waals surface area contributed by atoms with E-state index in [-0.39, 0.29) is 51.1 Å². The molecule has 0 atom stereocenters. The molecular weight excluding hydrogens is 365 g/mol. The number of alkyl halides is 3. The molecule has 2 fully saturated rings. The Morgan fingerprint density at radius 1 is 1.07 bits per heavy atom. The number of hydrogen-bond donors (Lipinski definition) is 1. The van der Waals surface area contributed by atoms with Crippen LogP contribution in [0.4, 0.5) is 18.0 Å². The Kier molecular flexibility index (Phi) is 5.36. The molecule has 2 aliphatic rings. The third kappa shape index (κ3) is 4.57. The summed E-state index contributed by atoms with van der Waals surface area (Å²) < 4.78 is 37.5. The van der Waals surface area contributed by atoms with E-state index < -0.39 is 18.8 Å². The average molecular weight is 384 g/mol. The molecule has 10 heteroatoms. The number of imide groups is 1. The predicted octanol–water partition coefficient (Wildman–Crippen LogP) is 1.06. The van der Waals surface area contributed by atoms with Crippen LogP contribution < -0.4 is 5.32 Å². The normalized spacial score (nSPS) is 18.8. The van der Waals surface area contributed by atoms with E-state index in [0.29, 0.717) is 11.1 Å². The number of rotatable bonds is 4. The van der Waals surface area contributed by atoms with Crippen LogP contribution in [0.3, 0.4) is 0 Å². The number of carbonyl (C=O) groups is 3. The first kappa shape index (κ1) is 19.2. The molecule has 2 heterocycles. The largest absolute Gasteiger partial charge is 0.401 e. The van der Waals surface area contributed by atoms with Crippen LogP contribution in [0.15, 0.2) is 24.3 Å². The number of urea groups is 1. The minimum Gasteiger partial charge on any atom is -0.336 e. The standard InChI is InChI=1S/C17H19F3N4O3/c18-17(19,20)11-22-5-7-23(8-6-22)15(26)13-4-2-1-3-12(13)10-24-14(25)9-21-16(24)27/h1-4H,5-11H2,(H,21,27). The topological polar surface area (TPSA) is 73.0 Å². The van der Waals surface area contributed by atoms with E-state index in [4.69, 9.17) is 0 Å². The lowest BCUT2D eigenvalue weighted by molar-refractivity contribution is -0.148. The molecule has 0 radical (unpaired) electrons. The zero-order chi connectivity index (χ0) is 19.6. The minimum absolute atomic E-state index is 0.0272. The summed E-state index contributed by atoms with van der Waals surface area (Å²) >= 11 is 0. The molecule has 27 heavy (non-hydrogen) atoms. The molecule has 7 nitrogen and oxygen atoms in total. The fraction of sp³-hybridized carbons (Fsp3) is 0.471. The second kappa shape index (κ2) is 7.55. The van der Waals surface area contributed by atoms with Crippen molar-refractivity contribution < 1.29 is 27.6 Å². The van der Waals surface area contributed by atoms with Gasteiger partial charge in [-0.2, -0.15) is 13.2 Å². The van der Waals surface area contributed by atoms with E-state index in [1.165, 1.54) is 9.80 Å². The van der Waals surface area contributed by atoms with Crippen LogP contribution >= 0.6 is 0 Å². The SMILES string of the molecule is O=C(c1ccccc1CN1C(=O)CNC1=O)N1CCN(CC(F)(F)F)CC1. The van der Waals surface area contributed by atoms with E-state index in [2.05, 4.69) is 5.32 Å². The number of benzene rings is 1. The quantitative estimate of drug-likeness (QED) is 0.788. The van der Waals surface area contributed by atoms with Crippen LogP contribution in [-0.4, -0.2) is 78.0 Å². The molecule has 0 aliphatic carbocycles. The number of nitrogens with zero attached hydrogens (tertiary/aromatic N) is 3. The maximum atomic E-state index is 12.8. The van der Waals surface area contributed by atoms with Gasteiger partial charge in [0.2, 0.25) is 5.91 Å². The van der Waals surface area contributed by atoms with Gasteiger partial charge in [-0.1, -0.05) is 18.2 Å². The highest BCUT2D eigenvalue weighted by Gasteiger charge is 2.34. The molecule has 0 saturated carbocycles. The first-order chi connectivity index (χ1) is 12.7. The zero-order valence-corrected chi connectivity index (χ0v) is 14.5.